The van der Waals surface area contributed by atoms with Gasteiger partial charge in [-0.3, -0.25) is 9.69 Å². The molecule has 2 rings (SSSR count). The summed E-state index contributed by atoms with van der Waals surface area (Å²) in [4.78, 5) is 16.4. The van der Waals surface area contributed by atoms with Crippen LogP contribution in [0.4, 0.5) is 0 Å². The van der Waals surface area contributed by atoms with Crippen molar-refractivity contribution in [3.05, 3.63) is 0 Å². The lowest BCUT2D eigenvalue weighted by Gasteiger charge is -2.38. The van der Waals surface area contributed by atoms with E-state index >= 15 is 0 Å². The van der Waals surface area contributed by atoms with Crippen LogP contribution in [0.15, 0.2) is 0 Å². The van der Waals surface area contributed by atoms with Gasteiger partial charge in [0.2, 0.25) is 5.91 Å². The molecule has 0 spiro atoms. The minimum Gasteiger partial charge on any atom is -0.340 e. The van der Waals surface area contributed by atoms with Crippen molar-refractivity contribution in [2.45, 2.75) is 19.3 Å². The third-order valence-corrected chi connectivity index (χ3v) is 3.89. The number of carbonyl (C=O) groups excluding carboxylic acids is 1. The summed E-state index contributed by atoms with van der Waals surface area (Å²) in [5.74, 6) is 0.785. The Kier molecular flexibility index (Phi) is 4.03. The van der Waals surface area contributed by atoms with E-state index in [9.17, 15) is 4.79 Å². The second kappa shape index (κ2) is 5.30. The second-order valence-corrected chi connectivity index (χ2v) is 5.28. The highest BCUT2D eigenvalue weighted by molar-refractivity contribution is 9.09. The van der Waals surface area contributed by atoms with E-state index in [0.29, 0.717) is 11.8 Å². The molecule has 1 aliphatic heterocycles. The van der Waals surface area contributed by atoms with Crippen LogP contribution in [-0.2, 0) is 4.79 Å². The molecule has 86 valence electrons. The first-order valence-corrected chi connectivity index (χ1v) is 7.00. The summed E-state index contributed by atoms with van der Waals surface area (Å²) < 4.78 is 0. The lowest BCUT2D eigenvalue weighted by molar-refractivity contribution is -0.139. The predicted octanol–water partition coefficient (Wildman–Crippen LogP) is 1.33. The highest BCUT2D eigenvalue weighted by Crippen LogP contribution is 2.28. The molecule has 1 heterocycles. The molecule has 1 saturated heterocycles. The zero-order chi connectivity index (χ0) is 10.7. The third-order valence-electron chi connectivity index (χ3n) is 3.54. The van der Waals surface area contributed by atoms with Crippen molar-refractivity contribution in [1.29, 1.82) is 0 Å². The van der Waals surface area contributed by atoms with E-state index in [-0.39, 0.29) is 0 Å². The van der Waals surface area contributed by atoms with Crippen molar-refractivity contribution in [3.63, 3.8) is 0 Å². The van der Waals surface area contributed by atoms with E-state index in [0.717, 1.165) is 50.9 Å². The summed E-state index contributed by atoms with van der Waals surface area (Å²) in [7, 11) is 0. The Hall–Kier alpha value is -0.0900. The van der Waals surface area contributed by atoms with Crippen molar-refractivity contribution in [2.75, 3.05) is 38.1 Å². The van der Waals surface area contributed by atoms with E-state index in [1.54, 1.807) is 0 Å². The first kappa shape index (κ1) is 11.4. The lowest BCUT2D eigenvalue weighted by atomic mass is 9.84. The largest absolute Gasteiger partial charge is 0.340 e. The maximum atomic E-state index is 11.9. The molecule has 3 nitrogen and oxygen atoms in total. The molecule has 1 amide bonds. The van der Waals surface area contributed by atoms with Gasteiger partial charge in [0.05, 0.1) is 0 Å². The van der Waals surface area contributed by atoms with Gasteiger partial charge in [-0.1, -0.05) is 22.4 Å². The second-order valence-electron chi connectivity index (χ2n) is 4.48. The molecule has 4 heteroatoms. The normalized spacial score (nSPS) is 23.9. The number of rotatable bonds is 3. The van der Waals surface area contributed by atoms with Crippen LogP contribution < -0.4 is 0 Å². The standard InChI is InChI=1S/C11H19BrN2O/c12-4-5-13-6-8-14(9-7-13)11(15)10-2-1-3-10/h10H,1-9H2. The number of piperazine rings is 1. The van der Waals surface area contributed by atoms with Crippen LogP contribution in [0.25, 0.3) is 0 Å². The molecular formula is C11H19BrN2O. The highest BCUT2D eigenvalue weighted by atomic mass is 79.9. The molecule has 0 radical (unpaired) electrons. The molecule has 0 aromatic heterocycles. The highest BCUT2D eigenvalue weighted by Gasteiger charge is 2.30. The van der Waals surface area contributed by atoms with Crippen molar-refractivity contribution < 1.29 is 4.79 Å². The molecule has 2 aliphatic rings. The van der Waals surface area contributed by atoms with Crippen LogP contribution in [0.1, 0.15) is 19.3 Å². The zero-order valence-electron chi connectivity index (χ0n) is 9.12. The fourth-order valence-electron chi connectivity index (χ4n) is 2.22. The Bertz CT molecular complexity index is 223. The Balaban J connectivity index is 1.74. The fourth-order valence-corrected chi connectivity index (χ4v) is 2.73. The SMILES string of the molecule is O=C(C1CCC1)N1CCN(CCBr)CC1. The van der Waals surface area contributed by atoms with Crippen molar-refractivity contribution in [3.8, 4) is 0 Å². The molecule has 0 bridgehead atoms. The van der Waals surface area contributed by atoms with Crippen LogP contribution in [-0.4, -0.2) is 53.8 Å². The van der Waals surface area contributed by atoms with Gasteiger partial charge in [-0.15, -0.1) is 0 Å². The van der Waals surface area contributed by atoms with Gasteiger partial charge in [-0.2, -0.15) is 0 Å². The van der Waals surface area contributed by atoms with E-state index in [4.69, 9.17) is 0 Å². The fraction of sp³-hybridized carbons (Fsp3) is 0.909. The smallest absolute Gasteiger partial charge is 0.225 e. The van der Waals surface area contributed by atoms with Gasteiger partial charge in [0.25, 0.3) is 0 Å². The summed E-state index contributed by atoms with van der Waals surface area (Å²) in [5.41, 5.74) is 0. The summed E-state index contributed by atoms with van der Waals surface area (Å²) in [6, 6.07) is 0. The minimum absolute atomic E-state index is 0.368. The quantitative estimate of drug-likeness (QED) is 0.725. The molecule has 0 N–H and O–H groups in total. The van der Waals surface area contributed by atoms with Crippen molar-refractivity contribution in [2.24, 2.45) is 5.92 Å². The maximum Gasteiger partial charge on any atom is 0.225 e. The average Bonchev–Trinajstić information content (AvgIpc) is 2.16. The van der Waals surface area contributed by atoms with Crippen LogP contribution in [0, 0.1) is 5.92 Å². The number of carbonyl (C=O) groups is 1. The Labute approximate surface area is 99.9 Å². The van der Waals surface area contributed by atoms with E-state index < -0.39 is 0 Å². The van der Waals surface area contributed by atoms with Crippen LogP contribution >= 0.6 is 15.9 Å². The predicted molar refractivity (Wildman–Crippen MR) is 64.2 cm³/mol. The van der Waals surface area contributed by atoms with Crippen molar-refractivity contribution >= 4 is 21.8 Å². The van der Waals surface area contributed by atoms with Crippen LogP contribution in [0.3, 0.4) is 0 Å². The number of halogens is 1. The van der Waals surface area contributed by atoms with Gasteiger partial charge in [0.1, 0.15) is 0 Å². The Morgan fingerprint density at radius 2 is 1.87 bits per heavy atom. The lowest BCUT2D eigenvalue weighted by Crippen LogP contribution is -2.51. The molecule has 0 aromatic rings. The van der Waals surface area contributed by atoms with E-state index in [1.165, 1.54) is 6.42 Å². The molecule has 0 aromatic carbocycles. The van der Waals surface area contributed by atoms with Gasteiger partial charge in [-0.05, 0) is 12.8 Å². The zero-order valence-corrected chi connectivity index (χ0v) is 10.7. The molecule has 0 unspecified atom stereocenters. The van der Waals surface area contributed by atoms with Gasteiger partial charge in [0.15, 0.2) is 0 Å². The summed E-state index contributed by atoms with van der Waals surface area (Å²) in [5, 5.41) is 1.03. The maximum absolute atomic E-state index is 11.9. The molecular weight excluding hydrogens is 256 g/mol. The van der Waals surface area contributed by atoms with Gasteiger partial charge < -0.3 is 4.90 Å². The van der Waals surface area contributed by atoms with E-state index in [1.807, 2.05) is 0 Å². The number of alkyl halides is 1. The summed E-state index contributed by atoms with van der Waals surface area (Å²) >= 11 is 3.45. The molecule has 15 heavy (non-hydrogen) atoms. The van der Waals surface area contributed by atoms with Crippen LogP contribution in [0.2, 0.25) is 0 Å². The molecule has 2 fully saturated rings. The van der Waals surface area contributed by atoms with Crippen molar-refractivity contribution in [1.82, 2.24) is 9.80 Å². The number of amides is 1. The topological polar surface area (TPSA) is 23.6 Å². The number of hydrogen-bond donors (Lipinski definition) is 0. The first-order chi connectivity index (χ1) is 7.31. The van der Waals surface area contributed by atoms with Crippen LogP contribution in [0.5, 0.6) is 0 Å². The summed E-state index contributed by atoms with van der Waals surface area (Å²) in [6.07, 6.45) is 3.50. The minimum atomic E-state index is 0.368. The first-order valence-electron chi connectivity index (χ1n) is 5.88. The Morgan fingerprint density at radius 1 is 1.20 bits per heavy atom. The Morgan fingerprint density at radius 3 is 2.33 bits per heavy atom. The monoisotopic (exact) mass is 274 g/mol. The summed E-state index contributed by atoms with van der Waals surface area (Å²) in [6.45, 7) is 5.06. The number of hydrogen-bond acceptors (Lipinski definition) is 2. The van der Waals surface area contributed by atoms with Gasteiger partial charge in [0, 0.05) is 44.0 Å². The van der Waals surface area contributed by atoms with Gasteiger partial charge >= 0.3 is 0 Å². The molecule has 1 saturated carbocycles. The van der Waals surface area contributed by atoms with E-state index in [2.05, 4.69) is 25.7 Å². The molecule has 1 aliphatic carbocycles. The number of nitrogens with zero attached hydrogens (tertiary/aromatic N) is 2. The molecule has 0 atom stereocenters. The van der Waals surface area contributed by atoms with Gasteiger partial charge in [-0.25, -0.2) is 0 Å². The average molecular weight is 275 g/mol. The third kappa shape index (κ3) is 2.72.